The van der Waals surface area contributed by atoms with Gasteiger partial charge < -0.3 is 0 Å². The van der Waals surface area contributed by atoms with Crippen LogP contribution in [0.5, 0.6) is 0 Å². The quantitative estimate of drug-likeness (QED) is 0.558. The van der Waals surface area contributed by atoms with E-state index < -0.39 is 0 Å². The third-order valence-electron chi connectivity index (χ3n) is 3.06. The Kier molecular flexibility index (Phi) is 3.86. The highest BCUT2D eigenvalue weighted by molar-refractivity contribution is 8.29. The van der Waals surface area contributed by atoms with Gasteiger partial charge in [0.25, 0.3) is 0 Å². The molecule has 0 nitrogen and oxygen atoms in total. The van der Waals surface area contributed by atoms with E-state index in [0.29, 0.717) is 15.2 Å². The summed E-state index contributed by atoms with van der Waals surface area (Å²) in [6, 6.07) is 0. The Labute approximate surface area is 78.9 Å². The van der Waals surface area contributed by atoms with Crippen molar-refractivity contribution in [3.05, 3.63) is 0 Å². The first-order chi connectivity index (χ1) is 5.97. The highest BCUT2D eigenvalue weighted by Crippen LogP contribution is 2.72. The number of hydrogen-bond donors (Lipinski definition) is 0. The summed E-state index contributed by atoms with van der Waals surface area (Å²) < 4.78 is 0. The van der Waals surface area contributed by atoms with Gasteiger partial charge in [0.1, 0.15) is 0 Å². The molecule has 0 spiro atoms. The molecular formula is C10H20P2. The summed E-state index contributed by atoms with van der Waals surface area (Å²) in [5.74, 6) is 0. The summed E-state index contributed by atoms with van der Waals surface area (Å²) in [6.07, 6.45) is 16.0. The Balaban J connectivity index is 1.80. The van der Waals surface area contributed by atoms with Crippen LogP contribution < -0.4 is 0 Å². The third-order valence-corrected chi connectivity index (χ3v) is 12.0. The molecule has 0 unspecified atom stereocenters. The Morgan fingerprint density at radius 3 is 1.08 bits per heavy atom. The predicted molar refractivity (Wildman–Crippen MR) is 61.0 cm³/mol. The van der Waals surface area contributed by atoms with Crippen LogP contribution in [0.2, 0.25) is 0 Å². The molecule has 12 heavy (non-hydrogen) atoms. The first-order valence-electron chi connectivity index (χ1n) is 5.46. The van der Waals surface area contributed by atoms with E-state index in [0.717, 1.165) is 0 Å². The van der Waals surface area contributed by atoms with Crippen LogP contribution in [0.4, 0.5) is 0 Å². The molecule has 2 heterocycles. The van der Waals surface area contributed by atoms with Crippen LogP contribution in [-0.2, 0) is 0 Å². The fraction of sp³-hybridized carbons (Fsp3) is 1.00. The first kappa shape index (κ1) is 9.42. The number of hydrogen-bond acceptors (Lipinski definition) is 0. The van der Waals surface area contributed by atoms with Gasteiger partial charge in [0.15, 0.2) is 0 Å². The van der Waals surface area contributed by atoms with Crippen molar-refractivity contribution in [1.29, 1.82) is 0 Å². The van der Waals surface area contributed by atoms with E-state index in [2.05, 4.69) is 0 Å². The van der Waals surface area contributed by atoms with Gasteiger partial charge in [0.2, 0.25) is 0 Å². The van der Waals surface area contributed by atoms with Crippen molar-refractivity contribution in [2.24, 2.45) is 0 Å². The molecule has 0 N–H and O–H groups in total. The van der Waals surface area contributed by atoms with E-state index in [1.165, 1.54) is 0 Å². The fourth-order valence-corrected chi connectivity index (χ4v) is 11.3. The third kappa shape index (κ3) is 2.43. The van der Waals surface area contributed by atoms with Gasteiger partial charge >= 0.3 is 0 Å². The number of rotatable bonds is 1. The van der Waals surface area contributed by atoms with Crippen LogP contribution in [0.15, 0.2) is 0 Å². The van der Waals surface area contributed by atoms with Gasteiger partial charge in [-0.3, -0.25) is 0 Å². The highest BCUT2D eigenvalue weighted by Gasteiger charge is 2.23. The summed E-state index contributed by atoms with van der Waals surface area (Å²) in [5.41, 5.74) is 0. The molecule has 2 rings (SSSR count). The van der Waals surface area contributed by atoms with E-state index in [1.54, 1.807) is 63.2 Å². The lowest BCUT2D eigenvalue weighted by atomic mass is 10.3. The first-order valence-corrected chi connectivity index (χ1v) is 9.59. The van der Waals surface area contributed by atoms with Crippen LogP contribution in [0.25, 0.3) is 0 Å². The van der Waals surface area contributed by atoms with E-state index in [9.17, 15) is 0 Å². The summed E-state index contributed by atoms with van der Waals surface area (Å²) in [6.45, 7) is 0. The molecule has 0 bridgehead atoms. The van der Waals surface area contributed by atoms with Gasteiger partial charge in [0.05, 0.1) is 0 Å². The van der Waals surface area contributed by atoms with Crippen LogP contribution in [0.3, 0.4) is 0 Å². The molecule has 0 aromatic rings. The Morgan fingerprint density at radius 2 is 0.750 bits per heavy atom. The highest BCUT2D eigenvalue weighted by atomic mass is 32.1. The van der Waals surface area contributed by atoms with Gasteiger partial charge in [-0.1, -0.05) is 28.1 Å². The smallest absolute Gasteiger partial charge is 0.0287 e. The molecule has 70 valence electrons. The second-order valence-corrected chi connectivity index (χ2v) is 11.2. The lowest BCUT2D eigenvalue weighted by Crippen LogP contribution is -2.04. The molecule has 0 saturated carbocycles. The zero-order valence-corrected chi connectivity index (χ0v) is 9.75. The summed E-state index contributed by atoms with van der Waals surface area (Å²) in [4.78, 5) is 0. The van der Waals surface area contributed by atoms with E-state index in [-0.39, 0.29) is 0 Å². The van der Waals surface area contributed by atoms with Gasteiger partial charge in [-0.05, 0) is 50.3 Å². The topological polar surface area (TPSA) is 0 Å². The largest absolute Gasteiger partial charge is 0.0810 e. The molecule has 0 atom stereocenters. The maximum atomic E-state index is 1.65. The maximum absolute atomic E-state index is 1.65. The molecule has 2 heteroatoms. The summed E-state index contributed by atoms with van der Waals surface area (Å²) in [5, 5.41) is 0. The van der Waals surface area contributed by atoms with Crippen LogP contribution in [0.1, 0.15) is 38.5 Å². The molecule has 2 aliphatic rings. The Morgan fingerprint density at radius 1 is 0.417 bits per heavy atom. The fourth-order valence-electron chi connectivity index (χ4n) is 2.32. The summed E-state index contributed by atoms with van der Waals surface area (Å²) in [7, 11) is 1.15. The normalized spacial score (nSPS) is 29.0. The summed E-state index contributed by atoms with van der Waals surface area (Å²) >= 11 is 0. The maximum Gasteiger partial charge on any atom is -0.0287 e. The van der Waals surface area contributed by atoms with Crippen molar-refractivity contribution >= 4 is 15.2 Å². The average molecular weight is 202 g/mol. The zero-order chi connectivity index (χ0) is 8.23. The molecule has 0 amide bonds. The minimum atomic E-state index is 0.575. The predicted octanol–water partition coefficient (Wildman–Crippen LogP) is 4.23. The van der Waals surface area contributed by atoms with Crippen LogP contribution in [0, 0.1) is 0 Å². The van der Waals surface area contributed by atoms with Crippen molar-refractivity contribution in [2.75, 3.05) is 24.6 Å². The second kappa shape index (κ2) is 4.92. The molecule has 0 aliphatic carbocycles. The van der Waals surface area contributed by atoms with Crippen LogP contribution in [-0.4, -0.2) is 24.6 Å². The van der Waals surface area contributed by atoms with Crippen molar-refractivity contribution in [2.45, 2.75) is 38.5 Å². The van der Waals surface area contributed by atoms with Gasteiger partial charge in [-0.2, -0.15) is 0 Å². The second-order valence-electron chi connectivity index (χ2n) is 4.03. The molecular weight excluding hydrogens is 182 g/mol. The SMILES string of the molecule is C1CCP(P2CCCCC2)CC1. The molecule has 0 aromatic carbocycles. The lowest BCUT2D eigenvalue weighted by Gasteiger charge is -2.33. The van der Waals surface area contributed by atoms with Gasteiger partial charge in [0, 0.05) is 0 Å². The van der Waals surface area contributed by atoms with Gasteiger partial charge in [-0.25, -0.2) is 0 Å². The standard InChI is InChI=1S/C10H20P2/c1-3-7-11(8-4-1)12-9-5-2-6-10-12/h1-10H2. The van der Waals surface area contributed by atoms with E-state index in [1.807, 2.05) is 0 Å². The lowest BCUT2D eigenvalue weighted by molar-refractivity contribution is 0.748. The Hall–Kier alpha value is 0.860. The molecule has 2 fully saturated rings. The molecule has 0 aromatic heterocycles. The van der Waals surface area contributed by atoms with Crippen molar-refractivity contribution < 1.29 is 0 Å². The van der Waals surface area contributed by atoms with Crippen LogP contribution >= 0.6 is 15.2 Å². The molecule has 2 aliphatic heterocycles. The zero-order valence-electron chi connectivity index (χ0n) is 7.97. The van der Waals surface area contributed by atoms with Gasteiger partial charge in [-0.15, -0.1) is 0 Å². The van der Waals surface area contributed by atoms with Crippen molar-refractivity contribution in [3.63, 3.8) is 0 Å². The van der Waals surface area contributed by atoms with Crippen molar-refractivity contribution in [3.8, 4) is 0 Å². The molecule has 2 saturated heterocycles. The molecule has 0 radical (unpaired) electrons. The average Bonchev–Trinajstić information content (AvgIpc) is 2.21. The monoisotopic (exact) mass is 202 g/mol. The Bertz CT molecular complexity index is 108. The minimum absolute atomic E-state index is 0.575. The van der Waals surface area contributed by atoms with E-state index >= 15 is 0 Å². The van der Waals surface area contributed by atoms with Crippen molar-refractivity contribution in [1.82, 2.24) is 0 Å². The van der Waals surface area contributed by atoms with E-state index in [4.69, 9.17) is 0 Å². The minimum Gasteiger partial charge on any atom is -0.0810 e.